The number of nitrogens with zero attached hydrogens (tertiary/aromatic N) is 1. The second-order valence-corrected chi connectivity index (χ2v) is 31.7. The molecule has 0 fully saturated rings. The second-order valence-electron chi connectivity index (χ2n) is 31.7. The minimum absolute atomic E-state index is 0.0207. The molecule has 566 valence electrons. The molecule has 0 saturated heterocycles. The van der Waals surface area contributed by atoms with Gasteiger partial charge in [-0.1, -0.05) is 448 Å². The maximum absolute atomic E-state index is 17.6. The number of carbonyl (C=O) groups is 3. The molecule has 0 aliphatic heterocycles. The van der Waals surface area contributed by atoms with Gasteiger partial charge < -0.3 is 15.1 Å². The molecule has 0 rings (SSSR count). The Morgan fingerprint density at radius 2 is 0.474 bits per heavy atom. The van der Waals surface area contributed by atoms with Crippen LogP contribution in [0.15, 0.2) is 0 Å². The molecule has 0 aliphatic rings. The van der Waals surface area contributed by atoms with Gasteiger partial charge in [0.1, 0.15) is 5.54 Å². The fraction of sp³-hybridized carbons (Fsp3) is 0.966. The normalized spacial score (nSPS) is 14.4. The van der Waals surface area contributed by atoms with Gasteiger partial charge in [0.2, 0.25) is 5.91 Å². The van der Waals surface area contributed by atoms with Crippen molar-refractivity contribution in [2.24, 2.45) is 17.3 Å². The topological polar surface area (TPSA) is 94.9 Å². The number of aliphatic carboxylic acids is 2. The molecule has 0 spiro atoms. The number of amides is 1. The highest BCUT2D eigenvalue weighted by atomic mass is 16.4. The molecule has 6 heteroatoms. The van der Waals surface area contributed by atoms with Gasteiger partial charge in [-0.25, -0.2) is 4.79 Å². The fourth-order valence-corrected chi connectivity index (χ4v) is 17.7. The molecule has 4 unspecified atom stereocenters. The van der Waals surface area contributed by atoms with E-state index in [1.165, 1.54) is 263 Å². The summed E-state index contributed by atoms with van der Waals surface area (Å²) in [6.45, 7) is 20.8. The highest BCUT2D eigenvalue weighted by Gasteiger charge is 2.67. The summed E-state index contributed by atoms with van der Waals surface area (Å²) < 4.78 is 0. The minimum atomic E-state index is -1.68. The zero-order valence-electron chi connectivity index (χ0n) is 66.6. The van der Waals surface area contributed by atoms with Crippen molar-refractivity contribution >= 4 is 17.8 Å². The van der Waals surface area contributed by atoms with E-state index in [9.17, 15) is 15.0 Å². The summed E-state index contributed by atoms with van der Waals surface area (Å²) in [4.78, 5) is 51.0. The Kier molecular flexibility index (Phi) is 67.1. The van der Waals surface area contributed by atoms with E-state index in [0.717, 1.165) is 180 Å². The summed E-state index contributed by atoms with van der Waals surface area (Å²) in [7, 11) is 0. The van der Waals surface area contributed by atoms with Crippen LogP contribution in [0.4, 0.5) is 0 Å². The minimum Gasteiger partial charge on any atom is -0.481 e. The molecule has 95 heavy (non-hydrogen) atoms. The van der Waals surface area contributed by atoms with Crippen molar-refractivity contribution < 1.29 is 24.6 Å². The van der Waals surface area contributed by atoms with Crippen LogP contribution in [0.25, 0.3) is 0 Å². The number of carboxylic acid groups (broad SMARTS) is 2. The number of rotatable bonds is 79. The summed E-state index contributed by atoms with van der Waals surface area (Å²) in [6.07, 6.45) is 79.8. The van der Waals surface area contributed by atoms with Gasteiger partial charge in [-0.05, 0) is 76.0 Å². The van der Waals surface area contributed by atoms with Crippen molar-refractivity contribution in [1.29, 1.82) is 0 Å². The quantitative estimate of drug-likeness (QED) is 0.0592. The smallest absolute Gasteiger partial charge is 0.330 e. The largest absolute Gasteiger partial charge is 0.481 e. The molecule has 0 bridgehead atoms. The van der Waals surface area contributed by atoms with Crippen LogP contribution in [0.5, 0.6) is 0 Å². The Hall–Kier alpha value is -1.59. The SMILES string of the molecule is CCCCCCCCCCCC(=O)N(C(CCCCCCCC)(CCCCCCCCCC)C(CCCCCC)CCCCCCCCCC)[C@@](CCC(=O)O)(C(=O)O)C(CCCCCCCC)(CCCCCCCCCC)C(CCCCCC)CCCCCCCCCC. The Labute approximate surface area is 597 Å². The van der Waals surface area contributed by atoms with Crippen molar-refractivity contribution in [1.82, 2.24) is 4.90 Å². The van der Waals surface area contributed by atoms with E-state index in [2.05, 4.69) is 67.2 Å². The maximum atomic E-state index is 17.6. The molecular formula is C89H175NO5. The molecule has 5 atom stereocenters. The fourth-order valence-electron chi connectivity index (χ4n) is 17.7. The van der Waals surface area contributed by atoms with E-state index in [1.54, 1.807) is 0 Å². The molecule has 0 heterocycles. The first-order valence-corrected chi connectivity index (χ1v) is 44.3. The van der Waals surface area contributed by atoms with E-state index >= 15 is 9.59 Å². The Morgan fingerprint density at radius 3 is 0.737 bits per heavy atom. The molecule has 1 amide bonds. The lowest BCUT2D eigenvalue weighted by molar-refractivity contribution is -0.202. The second kappa shape index (κ2) is 68.2. The number of carbonyl (C=O) groups excluding carboxylic acids is 1. The molecule has 0 radical (unpaired) electrons. The molecule has 0 aromatic heterocycles. The van der Waals surface area contributed by atoms with Crippen LogP contribution in [0.1, 0.15) is 525 Å². The number of hydrogen-bond acceptors (Lipinski definition) is 3. The van der Waals surface area contributed by atoms with Crippen LogP contribution in [-0.2, 0) is 14.4 Å². The summed E-state index contributed by atoms with van der Waals surface area (Å²) in [5, 5.41) is 25.3. The van der Waals surface area contributed by atoms with Crippen molar-refractivity contribution in [3.63, 3.8) is 0 Å². The number of carboxylic acids is 2. The van der Waals surface area contributed by atoms with Gasteiger partial charge in [-0.3, -0.25) is 9.59 Å². The third kappa shape index (κ3) is 44.4. The van der Waals surface area contributed by atoms with Crippen molar-refractivity contribution in [2.75, 3.05) is 0 Å². The number of unbranched alkanes of at least 4 members (excludes halogenated alkanes) is 52. The standard InChI is InChI=1S/C89H175NO5/c1-10-19-28-37-44-49-52-57-66-75-84(91)90(88(79-69-60-43-34-25-16-7,80-70-61-54-48-41-32-23-14-5)83(73-63-36-27-18-9)74-65-56-51-46-39-30-21-12-3)89(86(94)95,81-76-85(92)93)87(77-67-58-42-33-24-15-6,78-68-59-53-47-40-31-22-13-4)82(71-62-35-26-17-8)72-64-55-50-45-38-29-20-11-2/h82-83H,10-81H2,1-9H3,(H,92,93)(H,94,95)/t82?,83?,87?,88?,89-/m0/s1. The van der Waals surface area contributed by atoms with Crippen molar-refractivity contribution in [3.8, 4) is 0 Å². The highest BCUT2D eigenvalue weighted by molar-refractivity contribution is 5.89. The van der Waals surface area contributed by atoms with E-state index in [0.29, 0.717) is 6.42 Å². The maximum Gasteiger partial charge on any atom is 0.330 e. The average Bonchev–Trinajstić information content (AvgIpc) is 0.704. The molecule has 0 aliphatic carbocycles. The van der Waals surface area contributed by atoms with Crippen LogP contribution >= 0.6 is 0 Å². The van der Waals surface area contributed by atoms with Crippen molar-refractivity contribution in [2.45, 2.75) is 536 Å². The van der Waals surface area contributed by atoms with E-state index < -0.39 is 28.4 Å². The average molecular weight is 1340 g/mol. The molecule has 0 aromatic carbocycles. The van der Waals surface area contributed by atoms with Gasteiger partial charge in [0.05, 0.1) is 0 Å². The summed E-state index contributed by atoms with van der Waals surface area (Å²) in [6, 6.07) is 0. The Morgan fingerprint density at radius 1 is 0.253 bits per heavy atom. The van der Waals surface area contributed by atoms with Crippen LogP contribution in [0, 0.1) is 17.3 Å². The Balaban J connectivity index is 9.85. The van der Waals surface area contributed by atoms with Gasteiger partial charge in [0, 0.05) is 23.8 Å². The predicted octanol–water partition coefficient (Wildman–Crippen LogP) is 30.9. The summed E-state index contributed by atoms with van der Waals surface area (Å²) in [5.74, 6) is -1.40. The molecule has 0 saturated carbocycles. The molecule has 2 N–H and O–H groups in total. The van der Waals surface area contributed by atoms with E-state index in [1.807, 2.05) is 0 Å². The lowest BCUT2D eigenvalue weighted by Crippen LogP contribution is -2.75. The molecule has 6 nitrogen and oxygen atoms in total. The molecular weight excluding hydrogens is 1160 g/mol. The lowest BCUT2D eigenvalue weighted by Gasteiger charge is -2.64. The third-order valence-corrected chi connectivity index (χ3v) is 23.5. The van der Waals surface area contributed by atoms with Crippen LogP contribution in [0.3, 0.4) is 0 Å². The van der Waals surface area contributed by atoms with E-state index in [4.69, 9.17) is 0 Å². The van der Waals surface area contributed by atoms with Gasteiger partial charge in [-0.2, -0.15) is 0 Å². The van der Waals surface area contributed by atoms with Crippen LogP contribution < -0.4 is 0 Å². The van der Waals surface area contributed by atoms with Crippen molar-refractivity contribution in [3.05, 3.63) is 0 Å². The summed E-state index contributed by atoms with van der Waals surface area (Å²) in [5.41, 5.74) is -3.17. The first-order valence-electron chi connectivity index (χ1n) is 44.3. The zero-order valence-corrected chi connectivity index (χ0v) is 66.6. The Bertz CT molecular complexity index is 1630. The number of hydrogen-bond donors (Lipinski definition) is 2. The van der Waals surface area contributed by atoms with Gasteiger partial charge >= 0.3 is 11.9 Å². The lowest BCUT2D eigenvalue weighted by atomic mass is 9.51. The van der Waals surface area contributed by atoms with E-state index in [-0.39, 0.29) is 30.6 Å². The zero-order chi connectivity index (χ0) is 69.9. The van der Waals surface area contributed by atoms with Gasteiger partial charge in [0.25, 0.3) is 0 Å². The third-order valence-electron chi connectivity index (χ3n) is 23.5. The molecule has 0 aromatic rings. The first kappa shape index (κ1) is 93.4. The monoisotopic (exact) mass is 1340 g/mol. The highest BCUT2D eigenvalue weighted by Crippen LogP contribution is 2.60. The predicted molar refractivity (Wildman–Crippen MR) is 420 cm³/mol. The van der Waals surface area contributed by atoms with Gasteiger partial charge in [-0.15, -0.1) is 0 Å². The first-order chi connectivity index (χ1) is 46.5. The summed E-state index contributed by atoms with van der Waals surface area (Å²) >= 11 is 0. The van der Waals surface area contributed by atoms with Crippen LogP contribution in [0.2, 0.25) is 0 Å². The van der Waals surface area contributed by atoms with Crippen LogP contribution in [-0.4, -0.2) is 44.0 Å². The van der Waals surface area contributed by atoms with Gasteiger partial charge in [0.15, 0.2) is 0 Å².